The third-order valence-electron chi connectivity index (χ3n) is 3.74. The zero-order valence-corrected chi connectivity index (χ0v) is 12.6. The molecule has 2 unspecified atom stereocenters. The highest BCUT2D eigenvalue weighted by molar-refractivity contribution is 6.21. The molecular weight excluding hydrogens is 278 g/mol. The average Bonchev–Trinajstić information content (AvgIpc) is 2.89. The number of carbonyl (C=O) groups excluding carboxylic acids is 1. The van der Waals surface area contributed by atoms with Crippen LogP contribution in [0.25, 0.3) is 0 Å². The van der Waals surface area contributed by atoms with Crippen molar-refractivity contribution in [3.05, 3.63) is 23.8 Å². The van der Waals surface area contributed by atoms with Crippen LogP contribution in [0.15, 0.2) is 18.2 Å². The summed E-state index contributed by atoms with van der Waals surface area (Å²) < 4.78 is 10.3. The molecule has 0 aromatic heterocycles. The van der Waals surface area contributed by atoms with E-state index in [1.54, 1.807) is 32.4 Å². The molecule has 0 radical (unpaired) electrons. The minimum absolute atomic E-state index is 0.110. The molecule has 2 rings (SSSR count). The van der Waals surface area contributed by atoms with Crippen molar-refractivity contribution in [3.63, 3.8) is 0 Å². The Morgan fingerprint density at radius 1 is 1.30 bits per heavy atom. The summed E-state index contributed by atoms with van der Waals surface area (Å²) in [6.45, 7) is 0.626. The van der Waals surface area contributed by atoms with Gasteiger partial charge in [-0.3, -0.25) is 4.79 Å². The number of halogens is 1. The van der Waals surface area contributed by atoms with Crippen LogP contribution < -0.4 is 14.8 Å². The zero-order chi connectivity index (χ0) is 14.5. The predicted octanol–water partition coefficient (Wildman–Crippen LogP) is 2.84. The molecule has 0 bridgehead atoms. The first kappa shape index (κ1) is 15.0. The fourth-order valence-electron chi connectivity index (χ4n) is 2.52. The summed E-state index contributed by atoms with van der Waals surface area (Å²) in [5.74, 6) is 1.43. The Morgan fingerprint density at radius 3 is 2.65 bits per heavy atom. The maximum absolute atomic E-state index is 12.1. The van der Waals surface area contributed by atoms with E-state index in [9.17, 15) is 4.79 Å². The molecule has 1 saturated carbocycles. The number of alkyl halides is 1. The van der Waals surface area contributed by atoms with Crippen LogP contribution >= 0.6 is 11.6 Å². The summed E-state index contributed by atoms with van der Waals surface area (Å²) in [6.07, 6.45) is 3.27. The maximum atomic E-state index is 12.1. The second kappa shape index (κ2) is 6.84. The molecule has 0 spiro atoms. The molecule has 1 aromatic rings. The van der Waals surface area contributed by atoms with Gasteiger partial charge in [0, 0.05) is 17.5 Å². The number of methoxy groups -OCH3 is 2. The van der Waals surface area contributed by atoms with Gasteiger partial charge in [-0.05, 0) is 37.0 Å². The van der Waals surface area contributed by atoms with E-state index in [-0.39, 0.29) is 11.3 Å². The van der Waals surface area contributed by atoms with Gasteiger partial charge in [0.25, 0.3) is 5.91 Å². The standard InChI is InChI=1S/C15H20ClNO3/c1-19-13-7-6-10(8-14(13)20-2)15(18)17-9-11-4-3-5-12(11)16/h6-8,11-12H,3-5,9H2,1-2H3,(H,17,18). The normalized spacial score (nSPS) is 21.6. The molecule has 1 aromatic carbocycles. The van der Waals surface area contributed by atoms with Gasteiger partial charge in [0.05, 0.1) is 14.2 Å². The Labute approximate surface area is 124 Å². The molecule has 1 fully saturated rings. The molecule has 1 amide bonds. The van der Waals surface area contributed by atoms with Crippen molar-refractivity contribution in [2.75, 3.05) is 20.8 Å². The zero-order valence-electron chi connectivity index (χ0n) is 11.8. The second-order valence-corrected chi connectivity index (χ2v) is 5.55. The van der Waals surface area contributed by atoms with E-state index >= 15 is 0 Å². The minimum Gasteiger partial charge on any atom is -0.493 e. The van der Waals surface area contributed by atoms with Crippen LogP contribution in [0.1, 0.15) is 29.6 Å². The van der Waals surface area contributed by atoms with Gasteiger partial charge in [0.1, 0.15) is 0 Å². The highest BCUT2D eigenvalue weighted by Gasteiger charge is 2.25. The summed E-state index contributed by atoms with van der Waals surface area (Å²) in [5.41, 5.74) is 0.562. The smallest absolute Gasteiger partial charge is 0.251 e. The van der Waals surface area contributed by atoms with Crippen LogP contribution in [0.5, 0.6) is 11.5 Å². The van der Waals surface area contributed by atoms with E-state index in [0.717, 1.165) is 19.3 Å². The van der Waals surface area contributed by atoms with Gasteiger partial charge in [0.2, 0.25) is 0 Å². The molecule has 0 heterocycles. The Bertz CT molecular complexity index is 478. The lowest BCUT2D eigenvalue weighted by molar-refractivity contribution is 0.0947. The molecule has 5 heteroatoms. The molecule has 2 atom stereocenters. The van der Waals surface area contributed by atoms with Crippen LogP contribution in [0.4, 0.5) is 0 Å². The molecule has 1 N–H and O–H groups in total. The summed E-state index contributed by atoms with van der Waals surface area (Å²) in [6, 6.07) is 5.14. The van der Waals surface area contributed by atoms with Crippen molar-refractivity contribution in [1.82, 2.24) is 5.32 Å². The predicted molar refractivity (Wildman–Crippen MR) is 78.9 cm³/mol. The largest absolute Gasteiger partial charge is 0.493 e. The number of hydrogen-bond acceptors (Lipinski definition) is 3. The van der Waals surface area contributed by atoms with Crippen molar-refractivity contribution in [2.24, 2.45) is 5.92 Å². The number of carbonyl (C=O) groups is 1. The highest BCUT2D eigenvalue weighted by atomic mass is 35.5. The molecule has 4 nitrogen and oxygen atoms in total. The van der Waals surface area contributed by atoms with Crippen LogP contribution in [0.2, 0.25) is 0 Å². The van der Waals surface area contributed by atoms with Crippen LogP contribution in [-0.4, -0.2) is 32.0 Å². The Morgan fingerprint density at radius 2 is 2.05 bits per heavy atom. The van der Waals surface area contributed by atoms with Crippen molar-refractivity contribution < 1.29 is 14.3 Å². The van der Waals surface area contributed by atoms with E-state index in [1.807, 2.05) is 0 Å². The van der Waals surface area contributed by atoms with Crippen molar-refractivity contribution >= 4 is 17.5 Å². The average molecular weight is 298 g/mol. The second-order valence-electron chi connectivity index (χ2n) is 4.99. The summed E-state index contributed by atoms with van der Waals surface area (Å²) >= 11 is 6.21. The van der Waals surface area contributed by atoms with Gasteiger partial charge in [-0.15, -0.1) is 11.6 Å². The molecule has 1 aliphatic carbocycles. The molecule has 20 heavy (non-hydrogen) atoms. The van der Waals surface area contributed by atoms with Gasteiger partial charge in [0.15, 0.2) is 11.5 Å². The van der Waals surface area contributed by atoms with Crippen molar-refractivity contribution in [2.45, 2.75) is 24.6 Å². The van der Waals surface area contributed by atoms with Crippen LogP contribution in [-0.2, 0) is 0 Å². The fourth-order valence-corrected chi connectivity index (χ4v) is 2.89. The van der Waals surface area contributed by atoms with E-state index in [1.165, 1.54) is 0 Å². The number of amides is 1. The quantitative estimate of drug-likeness (QED) is 0.850. The van der Waals surface area contributed by atoms with Crippen LogP contribution in [0.3, 0.4) is 0 Å². The first-order chi connectivity index (χ1) is 9.65. The van der Waals surface area contributed by atoms with Gasteiger partial charge in [-0.2, -0.15) is 0 Å². The lowest BCUT2D eigenvalue weighted by atomic mass is 10.1. The van der Waals surface area contributed by atoms with E-state index in [4.69, 9.17) is 21.1 Å². The minimum atomic E-state index is -0.110. The van der Waals surface area contributed by atoms with E-state index in [2.05, 4.69) is 5.32 Å². The number of hydrogen-bond donors (Lipinski definition) is 1. The highest BCUT2D eigenvalue weighted by Crippen LogP contribution is 2.30. The lowest BCUT2D eigenvalue weighted by Crippen LogP contribution is -2.31. The fraction of sp³-hybridized carbons (Fsp3) is 0.533. The topological polar surface area (TPSA) is 47.6 Å². The van der Waals surface area contributed by atoms with Gasteiger partial charge < -0.3 is 14.8 Å². The molecular formula is C15H20ClNO3. The Kier molecular flexibility index (Phi) is 5.12. The first-order valence-electron chi connectivity index (χ1n) is 6.80. The third-order valence-corrected chi connectivity index (χ3v) is 4.31. The maximum Gasteiger partial charge on any atom is 0.251 e. The summed E-state index contributed by atoms with van der Waals surface area (Å²) in [7, 11) is 3.12. The number of ether oxygens (including phenoxy) is 2. The first-order valence-corrected chi connectivity index (χ1v) is 7.23. The third kappa shape index (κ3) is 3.37. The molecule has 110 valence electrons. The Hall–Kier alpha value is -1.42. The Balaban J connectivity index is 1.98. The van der Waals surface area contributed by atoms with Crippen molar-refractivity contribution in [1.29, 1.82) is 0 Å². The van der Waals surface area contributed by atoms with E-state index in [0.29, 0.717) is 29.5 Å². The van der Waals surface area contributed by atoms with Gasteiger partial charge in [-0.1, -0.05) is 6.42 Å². The summed E-state index contributed by atoms with van der Waals surface area (Å²) in [4.78, 5) is 12.1. The van der Waals surface area contributed by atoms with Gasteiger partial charge >= 0.3 is 0 Å². The molecule has 0 saturated heterocycles. The van der Waals surface area contributed by atoms with Crippen LogP contribution in [0, 0.1) is 5.92 Å². The molecule has 1 aliphatic rings. The summed E-state index contributed by atoms with van der Waals surface area (Å²) in [5, 5.41) is 3.12. The number of benzene rings is 1. The number of rotatable bonds is 5. The number of nitrogens with one attached hydrogen (secondary N) is 1. The monoisotopic (exact) mass is 297 g/mol. The molecule has 0 aliphatic heterocycles. The lowest BCUT2D eigenvalue weighted by Gasteiger charge is -2.15. The van der Waals surface area contributed by atoms with Crippen molar-refractivity contribution in [3.8, 4) is 11.5 Å². The van der Waals surface area contributed by atoms with E-state index < -0.39 is 0 Å². The SMILES string of the molecule is COc1ccc(C(=O)NCC2CCCC2Cl)cc1OC. The van der Waals surface area contributed by atoms with Gasteiger partial charge in [-0.25, -0.2) is 0 Å².